The van der Waals surface area contributed by atoms with E-state index in [2.05, 4.69) is 6.92 Å². The molecule has 170 valence electrons. The van der Waals surface area contributed by atoms with Crippen LogP contribution >= 0.6 is 0 Å². The number of halogens is 1. The molecule has 0 radical (unpaired) electrons. The summed E-state index contributed by atoms with van der Waals surface area (Å²) >= 11 is 0. The van der Waals surface area contributed by atoms with Gasteiger partial charge in [0.05, 0.1) is 6.67 Å². The Balaban J connectivity index is 1.27. The van der Waals surface area contributed by atoms with Crippen LogP contribution in [0, 0.1) is 35.5 Å². The normalized spacial score (nSPS) is 36.2. The second kappa shape index (κ2) is 13.4. The zero-order chi connectivity index (χ0) is 20.3. The molecule has 0 aromatic heterocycles. The Morgan fingerprint density at radius 2 is 0.862 bits per heavy atom. The van der Waals surface area contributed by atoms with Crippen molar-refractivity contribution >= 4 is 0 Å². The van der Waals surface area contributed by atoms with Crippen LogP contribution in [0.5, 0.6) is 0 Å². The first-order valence-electron chi connectivity index (χ1n) is 13.9. The summed E-state index contributed by atoms with van der Waals surface area (Å²) in [6, 6.07) is 0. The zero-order valence-corrected chi connectivity index (χ0v) is 19.7. The van der Waals surface area contributed by atoms with Crippen LogP contribution in [0.25, 0.3) is 0 Å². The summed E-state index contributed by atoms with van der Waals surface area (Å²) in [5.74, 6) is 6.23. The molecule has 29 heavy (non-hydrogen) atoms. The van der Waals surface area contributed by atoms with E-state index < -0.39 is 0 Å². The Morgan fingerprint density at radius 1 is 0.483 bits per heavy atom. The average Bonchev–Trinajstić information content (AvgIpc) is 2.78. The van der Waals surface area contributed by atoms with Crippen molar-refractivity contribution in [3.63, 3.8) is 0 Å². The molecule has 0 aliphatic heterocycles. The highest BCUT2D eigenvalue weighted by Crippen LogP contribution is 2.46. The van der Waals surface area contributed by atoms with Crippen molar-refractivity contribution in [2.45, 2.75) is 135 Å². The molecule has 3 fully saturated rings. The van der Waals surface area contributed by atoms with E-state index in [1.165, 1.54) is 64.2 Å². The summed E-state index contributed by atoms with van der Waals surface area (Å²) in [5, 5.41) is 0. The van der Waals surface area contributed by atoms with Gasteiger partial charge in [-0.3, -0.25) is 4.39 Å². The lowest BCUT2D eigenvalue weighted by Crippen LogP contribution is -2.29. The smallest absolute Gasteiger partial charge is 0.0894 e. The predicted molar refractivity (Wildman–Crippen MR) is 125 cm³/mol. The Kier molecular flexibility index (Phi) is 10.9. The van der Waals surface area contributed by atoms with E-state index in [9.17, 15) is 4.39 Å². The summed E-state index contributed by atoms with van der Waals surface area (Å²) in [6.45, 7) is 2.21. The third-order valence-electron chi connectivity index (χ3n) is 9.39. The Morgan fingerprint density at radius 3 is 1.24 bits per heavy atom. The van der Waals surface area contributed by atoms with Gasteiger partial charge in [0.15, 0.2) is 0 Å². The summed E-state index contributed by atoms with van der Waals surface area (Å²) in [6.07, 6.45) is 28.8. The van der Waals surface area contributed by atoms with Gasteiger partial charge in [0.25, 0.3) is 0 Å². The molecule has 0 amide bonds. The minimum atomic E-state index is -0.112. The van der Waals surface area contributed by atoms with Gasteiger partial charge in [-0.1, -0.05) is 77.6 Å². The number of hydrogen-bond donors (Lipinski definition) is 0. The molecule has 0 bridgehead atoms. The van der Waals surface area contributed by atoms with Crippen LogP contribution in [0.3, 0.4) is 0 Å². The van der Waals surface area contributed by atoms with Gasteiger partial charge in [-0.2, -0.15) is 0 Å². The van der Waals surface area contributed by atoms with Crippen molar-refractivity contribution in [3.8, 4) is 0 Å². The van der Waals surface area contributed by atoms with Gasteiger partial charge >= 0.3 is 0 Å². The van der Waals surface area contributed by atoms with Gasteiger partial charge in [0, 0.05) is 0 Å². The highest BCUT2D eigenvalue weighted by molar-refractivity contribution is 4.86. The summed E-state index contributed by atoms with van der Waals surface area (Å²) in [7, 11) is 0. The van der Waals surface area contributed by atoms with Crippen LogP contribution in [0.15, 0.2) is 0 Å². The largest absolute Gasteiger partial charge is 0.251 e. The first-order chi connectivity index (χ1) is 14.3. The van der Waals surface area contributed by atoms with E-state index in [1.807, 2.05) is 0 Å². The lowest BCUT2D eigenvalue weighted by molar-refractivity contribution is 0.102. The molecular weight excluding hydrogens is 355 g/mol. The van der Waals surface area contributed by atoms with Crippen LogP contribution in [0.4, 0.5) is 4.39 Å². The molecule has 0 spiro atoms. The van der Waals surface area contributed by atoms with E-state index in [0.29, 0.717) is 0 Å². The van der Waals surface area contributed by atoms with Crippen LogP contribution in [-0.2, 0) is 0 Å². The lowest BCUT2D eigenvalue weighted by atomic mass is 9.64. The molecule has 0 heterocycles. The van der Waals surface area contributed by atoms with Crippen molar-refractivity contribution in [2.24, 2.45) is 35.5 Å². The van der Waals surface area contributed by atoms with E-state index >= 15 is 0 Å². The molecule has 3 aliphatic rings. The maximum atomic E-state index is 12.3. The third-order valence-corrected chi connectivity index (χ3v) is 9.39. The Hall–Kier alpha value is -0.0700. The maximum absolute atomic E-state index is 12.3. The lowest BCUT2D eigenvalue weighted by Gasteiger charge is -2.41. The number of hydrogen-bond acceptors (Lipinski definition) is 0. The molecule has 1 heteroatoms. The van der Waals surface area contributed by atoms with Crippen LogP contribution in [0.1, 0.15) is 135 Å². The fourth-order valence-electron chi connectivity index (χ4n) is 7.37. The van der Waals surface area contributed by atoms with Crippen molar-refractivity contribution in [2.75, 3.05) is 6.67 Å². The van der Waals surface area contributed by atoms with Crippen molar-refractivity contribution < 1.29 is 4.39 Å². The minimum Gasteiger partial charge on any atom is -0.251 e. The Bertz CT molecular complexity index is 395. The summed E-state index contributed by atoms with van der Waals surface area (Å²) in [5.41, 5.74) is 0. The molecule has 0 atom stereocenters. The van der Waals surface area contributed by atoms with Crippen molar-refractivity contribution in [3.05, 3.63) is 0 Å². The fourth-order valence-corrected chi connectivity index (χ4v) is 7.37. The van der Waals surface area contributed by atoms with Crippen LogP contribution < -0.4 is 0 Å². The first kappa shape index (κ1) is 23.6. The molecule has 0 N–H and O–H groups in total. The molecule has 3 rings (SSSR count). The van der Waals surface area contributed by atoms with Gasteiger partial charge in [0.2, 0.25) is 0 Å². The van der Waals surface area contributed by atoms with Crippen LogP contribution in [-0.4, -0.2) is 6.67 Å². The molecule has 0 nitrogen and oxygen atoms in total. The quantitative estimate of drug-likeness (QED) is 0.300. The molecule has 0 aromatic rings. The van der Waals surface area contributed by atoms with Gasteiger partial charge in [-0.25, -0.2) is 0 Å². The van der Waals surface area contributed by atoms with Gasteiger partial charge in [-0.05, 0) is 93.3 Å². The second-order valence-electron chi connectivity index (χ2n) is 11.3. The summed E-state index contributed by atoms with van der Waals surface area (Å²) in [4.78, 5) is 0. The highest BCUT2D eigenvalue weighted by atomic mass is 19.1. The number of unbranched alkanes of at least 4 members (excludes halogenated alkanes) is 4. The predicted octanol–water partition coefficient (Wildman–Crippen LogP) is 9.52. The molecule has 3 saturated carbocycles. The minimum absolute atomic E-state index is 0.112. The fraction of sp³-hybridized carbons (Fsp3) is 1.00. The standard InChI is InChI=1S/C28H51F/c1-2-3-4-5-8-23-10-14-25(15-11-23)27-18-20-28(21-19-27)26-16-12-24(13-17-26)9-6-7-22-29/h23-28H,2-22H2,1H3. The molecule has 3 aliphatic carbocycles. The van der Waals surface area contributed by atoms with E-state index in [0.717, 1.165) is 48.3 Å². The van der Waals surface area contributed by atoms with Gasteiger partial charge in [-0.15, -0.1) is 0 Å². The highest BCUT2D eigenvalue weighted by Gasteiger charge is 2.34. The zero-order valence-electron chi connectivity index (χ0n) is 19.7. The monoisotopic (exact) mass is 406 g/mol. The molecule has 0 unspecified atom stereocenters. The van der Waals surface area contributed by atoms with E-state index in [4.69, 9.17) is 0 Å². The molecular formula is C28H51F. The molecule has 0 saturated heterocycles. The van der Waals surface area contributed by atoms with Crippen molar-refractivity contribution in [1.82, 2.24) is 0 Å². The second-order valence-corrected chi connectivity index (χ2v) is 11.3. The topological polar surface area (TPSA) is 0 Å². The first-order valence-corrected chi connectivity index (χ1v) is 13.9. The average molecular weight is 407 g/mol. The summed E-state index contributed by atoms with van der Waals surface area (Å²) < 4.78 is 12.3. The SMILES string of the molecule is CCCCCCC1CCC(C2CCC(C3CCC(CCCCF)CC3)CC2)CC1. The van der Waals surface area contributed by atoms with Gasteiger partial charge in [0.1, 0.15) is 0 Å². The Labute approximate surface area is 182 Å². The third kappa shape index (κ3) is 7.84. The van der Waals surface area contributed by atoms with Crippen LogP contribution in [0.2, 0.25) is 0 Å². The number of alkyl halides is 1. The van der Waals surface area contributed by atoms with Gasteiger partial charge < -0.3 is 0 Å². The number of rotatable bonds is 11. The van der Waals surface area contributed by atoms with E-state index in [-0.39, 0.29) is 6.67 Å². The maximum Gasteiger partial charge on any atom is 0.0894 e. The van der Waals surface area contributed by atoms with E-state index in [1.54, 1.807) is 51.4 Å². The molecule has 0 aromatic carbocycles. The van der Waals surface area contributed by atoms with Crippen molar-refractivity contribution in [1.29, 1.82) is 0 Å².